The first kappa shape index (κ1) is 16.0. The van der Waals surface area contributed by atoms with E-state index in [1.54, 1.807) is 13.8 Å². The topological polar surface area (TPSA) is 92.5 Å². The van der Waals surface area contributed by atoms with Gasteiger partial charge in [0.25, 0.3) is 5.91 Å². The van der Waals surface area contributed by atoms with Crippen LogP contribution in [0.25, 0.3) is 0 Å². The number of rotatable bonds is 4. The smallest absolute Gasteiger partial charge is 0.304 e. The molecule has 0 heterocycles. The van der Waals surface area contributed by atoms with E-state index >= 15 is 0 Å². The van der Waals surface area contributed by atoms with Crippen molar-refractivity contribution in [3.05, 3.63) is 39.7 Å². The summed E-state index contributed by atoms with van der Waals surface area (Å²) in [6.07, 6.45) is 0. The van der Waals surface area contributed by atoms with Gasteiger partial charge in [0.05, 0.1) is 16.1 Å². The van der Waals surface area contributed by atoms with Gasteiger partial charge in [-0.1, -0.05) is 0 Å². The van der Waals surface area contributed by atoms with Crippen molar-refractivity contribution in [1.29, 1.82) is 0 Å². The van der Waals surface area contributed by atoms with Crippen LogP contribution in [0.2, 0.25) is 0 Å². The van der Waals surface area contributed by atoms with E-state index in [2.05, 4.69) is 5.32 Å². The van der Waals surface area contributed by atoms with Crippen molar-refractivity contribution in [2.75, 3.05) is 0 Å². The zero-order valence-corrected chi connectivity index (χ0v) is 11.7. The summed E-state index contributed by atoms with van der Waals surface area (Å²) < 4.78 is 13.5. The summed E-state index contributed by atoms with van der Waals surface area (Å²) >= 11 is 0. The van der Waals surface area contributed by atoms with Crippen LogP contribution in [0.4, 0.5) is 10.1 Å². The molecule has 1 rings (SSSR count). The first-order valence-corrected chi connectivity index (χ1v) is 5.94. The highest BCUT2D eigenvalue weighted by molar-refractivity contribution is 5.95. The molecule has 0 radical (unpaired) electrons. The second-order valence-corrected chi connectivity index (χ2v) is 5.56. The molecule has 0 aliphatic heterocycles. The number of nitrogens with zero attached hydrogens (tertiary/aromatic N) is 1. The predicted molar refractivity (Wildman–Crippen MR) is 70.9 cm³/mol. The quantitative estimate of drug-likeness (QED) is 0.653. The Morgan fingerprint density at radius 2 is 1.90 bits per heavy atom. The number of halogens is 1. The third-order valence-corrected chi connectivity index (χ3v) is 3.36. The lowest BCUT2D eigenvalue weighted by atomic mass is 9.85. The minimum atomic E-state index is -1.19. The monoisotopic (exact) mass is 284 g/mol. The summed E-state index contributed by atoms with van der Waals surface area (Å²) in [5, 5.41) is 23.0. The highest BCUT2D eigenvalue weighted by Gasteiger charge is 2.36. The van der Waals surface area contributed by atoms with Crippen molar-refractivity contribution in [2.24, 2.45) is 0 Å². The number of aliphatic hydroxyl groups is 1. The largest absolute Gasteiger partial charge is 0.388 e. The van der Waals surface area contributed by atoms with Crippen LogP contribution in [0.1, 0.15) is 38.1 Å². The molecule has 0 spiro atoms. The van der Waals surface area contributed by atoms with Crippen LogP contribution in [0.3, 0.4) is 0 Å². The number of hydrogen-bond acceptors (Lipinski definition) is 4. The fraction of sp³-hybridized carbons (Fsp3) is 0.462. The van der Waals surface area contributed by atoms with Crippen LogP contribution < -0.4 is 5.32 Å². The molecule has 7 heteroatoms. The van der Waals surface area contributed by atoms with Crippen molar-refractivity contribution in [3.8, 4) is 0 Å². The predicted octanol–water partition coefficient (Wildman–Crippen LogP) is 2.01. The van der Waals surface area contributed by atoms with Gasteiger partial charge in [0.1, 0.15) is 0 Å². The number of nitro groups is 1. The van der Waals surface area contributed by atoms with E-state index in [-0.39, 0.29) is 5.56 Å². The lowest BCUT2D eigenvalue weighted by molar-refractivity contribution is -0.387. The molecule has 110 valence electrons. The van der Waals surface area contributed by atoms with Gasteiger partial charge < -0.3 is 10.4 Å². The molecule has 0 atom stereocenters. The van der Waals surface area contributed by atoms with Crippen LogP contribution in [0.5, 0.6) is 0 Å². The standard InChI is InChI=1S/C13H17FN2O4/c1-12(2,13(3,4)18)15-11(17)8-5-6-10(16(19)20)9(14)7-8/h5-7,18H,1-4H3,(H,15,17). The van der Waals surface area contributed by atoms with Gasteiger partial charge in [0, 0.05) is 11.6 Å². The van der Waals surface area contributed by atoms with Crippen molar-refractivity contribution in [2.45, 2.75) is 38.8 Å². The van der Waals surface area contributed by atoms with Crippen molar-refractivity contribution < 1.29 is 19.2 Å². The maximum absolute atomic E-state index is 13.5. The van der Waals surface area contributed by atoms with E-state index in [4.69, 9.17) is 0 Å². The first-order valence-electron chi connectivity index (χ1n) is 5.94. The molecule has 1 aromatic carbocycles. The highest BCUT2D eigenvalue weighted by atomic mass is 19.1. The molecule has 0 aliphatic carbocycles. The van der Waals surface area contributed by atoms with E-state index in [0.717, 1.165) is 18.2 Å². The molecule has 2 N–H and O–H groups in total. The van der Waals surface area contributed by atoms with Crippen molar-refractivity contribution >= 4 is 11.6 Å². The Hall–Kier alpha value is -2.02. The molecule has 1 aromatic rings. The number of nitrogens with one attached hydrogen (secondary N) is 1. The highest BCUT2D eigenvalue weighted by Crippen LogP contribution is 2.22. The molecule has 0 saturated carbocycles. The lowest BCUT2D eigenvalue weighted by Crippen LogP contribution is -2.57. The SMILES string of the molecule is CC(C)(O)C(C)(C)NC(=O)c1ccc([N+](=O)[O-])c(F)c1. The van der Waals surface area contributed by atoms with Gasteiger partial charge in [-0.25, -0.2) is 0 Å². The molecular weight excluding hydrogens is 267 g/mol. The third kappa shape index (κ3) is 3.30. The average Bonchev–Trinajstić information content (AvgIpc) is 2.25. The molecular formula is C13H17FN2O4. The van der Waals surface area contributed by atoms with E-state index in [0.29, 0.717) is 0 Å². The summed E-state index contributed by atoms with van der Waals surface area (Å²) in [6.45, 7) is 6.30. The molecule has 0 unspecified atom stereocenters. The second-order valence-electron chi connectivity index (χ2n) is 5.56. The Labute approximate surface area is 115 Å². The minimum absolute atomic E-state index is 0.0505. The Kier molecular flexibility index (Phi) is 4.14. The zero-order chi connectivity index (χ0) is 15.7. The summed E-state index contributed by atoms with van der Waals surface area (Å²) in [4.78, 5) is 21.6. The number of benzene rings is 1. The van der Waals surface area contributed by atoms with Gasteiger partial charge in [0.15, 0.2) is 0 Å². The van der Waals surface area contributed by atoms with Gasteiger partial charge in [-0.15, -0.1) is 0 Å². The number of carbonyl (C=O) groups excluding carboxylic acids is 1. The number of carbonyl (C=O) groups is 1. The van der Waals surface area contributed by atoms with E-state index in [1.807, 2.05) is 0 Å². The molecule has 0 aromatic heterocycles. The molecule has 6 nitrogen and oxygen atoms in total. The van der Waals surface area contributed by atoms with Crippen LogP contribution in [-0.4, -0.2) is 27.1 Å². The second kappa shape index (κ2) is 5.16. The van der Waals surface area contributed by atoms with Crippen molar-refractivity contribution in [3.63, 3.8) is 0 Å². The van der Waals surface area contributed by atoms with E-state index in [9.17, 15) is 24.4 Å². The Balaban J connectivity index is 3.00. The normalized spacial score (nSPS) is 12.1. The summed E-state index contributed by atoms with van der Waals surface area (Å²) in [7, 11) is 0. The number of hydrogen-bond donors (Lipinski definition) is 2. The molecule has 0 bridgehead atoms. The number of nitro benzene ring substituents is 1. The van der Waals surface area contributed by atoms with Gasteiger partial charge in [-0.05, 0) is 39.8 Å². The van der Waals surface area contributed by atoms with Gasteiger partial charge in [0.2, 0.25) is 5.82 Å². The maximum Gasteiger partial charge on any atom is 0.304 e. The van der Waals surface area contributed by atoms with E-state index < -0.39 is 33.5 Å². The minimum Gasteiger partial charge on any atom is -0.388 e. The Bertz CT molecular complexity index is 550. The van der Waals surface area contributed by atoms with Gasteiger partial charge >= 0.3 is 5.69 Å². The number of amides is 1. The van der Waals surface area contributed by atoms with Gasteiger partial charge in [-0.3, -0.25) is 14.9 Å². The molecule has 1 amide bonds. The van der Waals surface area contributed by atoms with Crippen molar-refractivity contribution in [1.82, 2.24) is 5.32 Å². The third-order valence-electron chi connectivity index (χ3n) is 3.36. The zero-order valence-electron chi connectivity index (χ0n) is 11.7. The molecule has 0 aliphatic rings. The van der Waals surface area contributed by atoms with Crippen LogP contribution in [0, 0.1) is 15.9 Å². The van der Waals surface area contributed by atoms with Crippen LogP contribution in [-0.2, 0) is 0 Å². The fourth-order valence-electron chi connectivity index (χ4n) is 1.31. The first-order chi connectivity index (χ1) is 8.95. The summed E-state index contributed by atoms with van der Waals surface area (Å²) in [6, 6.07) is 2.90. The van der Waals surface area contributed by atoms with Crippen LogP contribution in [0.15, 0.2) is 18.2 Å². The molecule has 0 fully saturated rings. The van der Waals surface area contributed by atoms with Crippen LogP contribution >= 0.6 is 0 Å². The van der Waals surface area contributed by atoms with Gasteiger partial charge in [-0.2, -0.15) is 4.39 Å². The Morgan fingerprint density at radius 1 is 1.35 bits per heavy atom. The maximum atomic E-state index is 13.5. The molecule has 20 heavy (non-hydrogen) atoms. The van der Waals surface area contributed by atoms with E-state index in [1.165, 1.54) is 13.8 Å². The molecule has 0 saturated heterocycles. The Morgan fingerprint density at radius 3 is 2.30 bits per heavy atom. The fourth-order valence-corrected chi connectivity index (χ4v) is 1.31. The summed E-state index contributed by atoms with van der Waals surface area (Å²) in [5.74, 6) is -1.70. The summed E-state index contributed by atoms with van der Waals surface area (Å²) in [5.41, 5.74) is -2.89. The lowest BCUT2D eigenvalue weighted by Gasteiger charge is -2.38. The average molecular weight is 284 g/mol.